The van der Waals surface area contributed by atoms with Crippen molar-refractivity contribution in [3.8, 4) is 6.07 Å². The van der Waals surface area contributed by atoms with E-state index in [1.807, 2.05) is 6.07 Å². The molecular formula is C4H4Cl2N2-2. The molecule has 0 aromatic heterocycles. The molecule has 0 bridgehead atoms. The molecule has 4 heteroatoms. The molecule has 0 saturated heterocycles. The highest BCUT2D eigenvalue weighted by molar-refractivity contribution is 4.74. The van der Waals surface area contributed by atoms with Gasteiger partial charge in [-0.1, -0.05) is 0 Å². The van der Waals surface area contributed by atoms with Crippen LogP contribution in [-0.2, 0) is 0 Å². The zero-order valence-corrected chi connectivity index (χ0v) is 5.58. The molecule has 2 nitrogen and oxygen atoms in total. The van der Waals surface area contributed by atoms with Crippen molar-refractivity contribution >= 4 is 0 Å². The lowest BCUT2D eigenvalue weighted by molar-refractivity contribution is -0.001000. The molecule has 0 heterocycles. The molecule has 8 heavy (non-hydrogen) atoms. The van der Waals surface area contributed by atoms with Gasteiger partial charge in [0.05, 0.1) is 6.07 Å². The average molecular weight is 151 g/mol. The van der Waals surface area contributed by atoms with Crippen LogP contribution >= 0.6 is 0 Å². The summed E-state index contributed by atoms with van der Waals surface area (Å²) < 4.78 is 0. The molecule has 0 aromatic rings. The van der Waals surface area contributed by atoms with E-state index in [0.29, 0.717) is 13.0 Å². The second-order valence-corrected chi connectivity index (χ2v) is 0.790. The van der Waals surface area contributed by atoms with Gasteiger partial charge in [0.25, 0.3) is 0 Å². The standard InChI is InChI=1S/C4H4N2.2ClH/c1-6-4-2-3-5;;/h2,4H2;2*1H/p-2. The van der Waals surface area contributed by atoms with Gasteiger partial charge >= 0.3 is 0 Å². The maximum absolute atomic E-state index is 7.80. The van der Waals surface area contributed by atoms with Gasteiger partial charge < -0.3 is 29.7 Å². The highest BCUT2D eigenvalue weighted by Crippen LogP contribution is 1.72. The third-order valence-corrected chi connectivity index (χ3v) is 0.335. The molecule has 0 fully saturated rings. The van der Waals surface area contributed by atoms with Crippen LogP contribution in [0.4, 0.5) is 0 Å². The first-order valence-corrected chi connectivity index (χ1v) is 1.62. The molecule has 0 aromatic carbocycles. The van der Waals surface area contributed by atoms with Crippen molar-refractivity contribution in [3.63, 3.8) is 0 Å². The molecule has 0 spiro atoms. The molecule has 0 rings (SSSR count). The van der Waals surface area contributed by atoms with Crippen molar-refractivity contribution in [2.24, 2.45) is 0 Å². The van der Waals surface area contributed by atoms with E-state index in [2.05, 4.69) is 4.85 Å². The van der Waals surface area contributed by atoms with E-state index in [1.165, 1.54) is 0 Å². The van der Waals surface area contributed by atoms with Gasteiger partial charge in [0.2, 0.25) is 6.54 Å². The minimum Gasteiger partial charge on any atom is -1.00 e. The number of hydrogen-bond donors (Lipinski definition) is 0. The van der Waals surface area contributed by atoms with Crippen LogP contribution in [0.3, 0.4) is 0 Å². The van der Waals surface area contributed by atoms with Gasteiger partial charge in [-0.25, -0.2) is 6.57 Å². The lowest BCUT2D eigenvalue weighted by atomic mass is 10.5. The van der Waals surface area contributed by atoms with E-state index in [0.717, 1.165) is 0 Å². The number of nitrogens with zero attached hydrogens (tertiary/aromatic N) is 2. The number of nitriles is 1. The van der Waals surface area contributed by atoms with Gasteiger partial charge in [-0.05, 0) is 0 Å². The van der Waals surface area contributed by atoms with Crippen LogP contribution < -0.4 is 24.8 Å². The third-order valence-electron chi connectivity index (χ3n) is 0.335. The summed E-state index contributed by atoms with van der Waals surface area (Å²) in [6.45, 7) is 6.52. The zero-order chi connectivity index (χ0) is 4.83. The number of rotatable bonds is 1. The van der Waals surface area contributed by atoms with Gasteiger partial charge in [-0.2, -0.15) is 5.26 Å². The molecule has 0 amide bonds. The summed E-state index contributed by atoms with van der Waals surface area (Å²) in [6.07, 6.45) is 0.365. The minimum atomic E-state index is 0. The highest BCUT2D eigenvalue weighted by Gasteiger charge is 1.76. The van der Waals surface area contributed by atoms with Crippen LogP contribution in [0.5, 0.6) is 0 Å². The second kappa shape index (κ2) is 16.0. The summed E-state index contributed by atoms with van der Waals surface area (Å²) in [4.78, 5) is 2.95. The van der Waals surface area contributed by atoms with Crippen molar-refractivity contribution in [3.05, 3.63) is 11.4 Å². The lowest BCUT2D eigenvalue weighted by Gasteiger charge is -1.64. The Bertz CT molecular complexity index is 85.6. The van der Waals surface area contributed by atoms with E-state index in [4.69, 9.17) is 11.8 Å². The molecule has 0 unspecified atom stereocenters. The Morgan fingerprint density at radius 3 is 2.12 bits per heavy atom. The highest BCUT2D eigenvalue weighted by atomic mass is 35.5. The van der Waals surface area contributed by atoms with Crippen LogP contribution in [0.15, 0.2) is 0 Å². The Labute approximate surface area is 61.1 Å². The quantitative estimate of drug-likeness (QED) is 0.272. The average Bonchev–Trinajstić information content (AvgIpc) is 1.61. The molecule has 46 valence electrons. The summed E-state index contributed by atoms with van der Waals surface area (Å²) in [5, 5.41) is 7.80. The predicted octanol–water partition coefficient (Wildman–Crippen LogP) is -5.17. The number of halogens is 2. The maximum atomic E-state index is 7.80. The molecule has 0 aliphatic carbocycles. The first-order chi connectivity index (χ1) is 2.91. The molecule has 0 saturated carbocycles. The van der Waals surface area contributed by atoms with Crippen LogP contribution in [0.25, 0.3) is 4.85 Å². The van der Waals surface area contributed by atoms with Gasteiger partial charge in [-0.15, -0.1) is 0 Å². The van der Waals surface area contributed by atoms with E-state index < -0.39 is 0 Å². The van der Waals surface area contributed by atoms with Crippen molar-refractivity contribution in [2.45, 2.75) is 6.42 Å². The fourth-order valence-electron chi connectivity index (χ4n) is 0.106. The lowest BCUT2D eigenvalue weighted by Crippen LogP contribution is -3.00. The molecular weight excluding hydrogens is 147 g/mol. The topological polar surface area (TPSA) is 28.1 Å². The normalized spacial score (nSPS) is 4.25. The molecule has 0 radical (unpaired) electrons. The Hall–Kier alpha value is -0.440. The first kappa shape index (κ1) is 15.6. The molecule has 0 aliphatic heterocycles. The number of hydrogen-bond acceptors (Lipinski definition) is 1. The first-order valence-electron chi connectivity index (χ1n) is 1.62. The monoisotopic (exact) mass is 150 g/mol. The minimum absolute atomic E-state index is 0. The largest absolute Gasteiger partial charge is 1.00 e. The van der Waals surface area contributed by atoms with Crippen LogP contribution in [0.2, 0.25) is 0 Å². The van der Waals surface area contributed by atoms with Crippen molar-refractivity contribution < 1.29 is 24.8 Å². The third kappa shape index (κ3) is 17.6. The summed E-state index contributed by atoms with van der Waals surface area (Å²) in [6, 6.07) is 1.85. The van der Waals surface area contributed by atoms with E-state index in [-0.39, 0.29) is 24.8 Å². The SMILES string of the molecule is [C-]#[N+]CCC#N.[Cl-].[Cl-]. The van der Waals surface area contributed by atoms with Crippen LogP contribution in [0.1, 0.15) is 6.42 Å². The predicted molar refractivity (Wildman–Crippen MR) is 21.7 cm³/mol. The second-order valence-electron chi connectivity index (χ2n) is 0.790. The summed E-state index contributed by atoms with van der Waals surface area (Å²) >= 11 is 0. The fraction of sp³-hybridized carbons (Fsp3) is 0.500. The Balaban J connectivity index is -0.000000125. The maximum Gasteiger partial charge on any atom is 0.227 e. The van der Waals surface area contributed by atoms with Gasteiger partial charge in [0, 0.05) is 0 Å². The Morgan fingerprint density at radius 2 is 2.00 bits per heavy atom. The van der Waals surface area contributed by atoms with Gasteiger partial charge in [0.1, 0.15) is 6.42 Å². The Kier molecular flexibility index (Phi) is 31.3. The van der Waals surface area contributed by atoms with Crippen molar-refractivity contribution in [1.29, 1.82) is 5.26 Å². The smallest absolute Gasteiger partial charge is 0.227 e. The molecule has 0 aliphatic rings. The summed E-state index contributed by atoms with van der Waals surface area (Å²) in [5.41, 5.74) is 0. The van der Waals surface area contributed by atoms with Crippen molar-refractivity contribution in [2.75, 3.05) is 6.54 Å². The van der Waals surface area contributed by atoms with Gasteiger partial charge in [-0.3, -0.25) is 0 Å². The van der Waals surface area contributed by atoms with Gasteiger partial charge in [0.15, 0.2) is 0 Å². The Morgan fingerprint density at radius 1 is 1.50 bits per heavy atom. The van der Waals surface area contributed by atoms with Crippen LogP contribution in [0, 0.1) is 17.9 Å². The van der Waals surface area contributed by atoms with E-state index in [9.17, 15) is 0 Å². The zero-order valence-electron chi connectivity index (χ0n) is 4.06. The molecule has 0 atom stereocenters. The fourth-order valence-corrected chi connectivity index (χ4v) is 0.106. The van der Waals surface area contributed by atoms with E-state index in [1.54, 1.807) is 0 Å². The summed E-state index contributed by atoms with van der Waals surface area (Å²) in [7, 11) is 0. The molecule has 0 N–H and O–H groups in total. The van der Waals surface area contributed by atoms with Crippen LogP contribution in [-0.4, -0.2) is 6.54 Å². The summed E-state index contributed by atoms with van der Waals surface area (Å²) in [5.74, 6) is 0. The van der Waals surface area contributed by atoms with E-state index >= 15 is 0 Å². The van der Waals surface area contributed by atoms with Crippen molar-refractivity contribution in [1.82, 2.24) is 0 Å².